The van der Waals surface area contributed by atoms with E-state index >= 15 is 0 Å². The maximum absolute atomic E-state index is 13.1. The summed E-state index contributed by atoms with van der Waals surface area (Å²) in [5.74, 6) is -2.00. The van der Waals surface area contributed by atoms with E-state index in [1.165, 1.54) is 19.1 Å². The highest BCUT2D eigenvalue weighted by Gasteiger charge is 2.32. The standard InChI is InChI=1S/C22H34N6O5/c1-13-19(30)26-17(5-3-11-24)21(32)28-18(12-14-6-8-15(29)9-7-14)22(33)27-16(4-2-10-23)20(31)25-13/h6-9,13,16-18,29H,2-5,10-12,23-24H2,1H3,(H,25,31)(H,26,30)(H,27,33)(H,28,32)/t13-,16-,17-,18-/m0/s1. The van der Waals surface area contributed by atoms with Gasteiger partial charge < -0.3 is 37.8 Å². The molecule has 0 spiro atoms. The summed E-state index contributed by atoms with van der Waals surface area (Å²) in [6.07, 6.45) is 1.64. The molecule has 182 valence electrons. The lowest BCUT2D eigenvalue weighted by Gasteiger charge is -2.28. The number of hydrogen-bond acceptors (Lipinski definition) is 7. The largest absolute Gasteiger partial charge is 0.508 e. The molecule has 0 unspecified atom stereocenters. The average Bonchev–Trinajstić information content (AvgIpc) is 2.79. The number of benzene rings is 1. The Labute approximate surface area is 193 Å². The van der Waals surface area contributed by atoms with Gasteiger partial charge in [0.1, 0.15) is 29.9 Å². The number of phenols is 1. The molecular formula is C22H34N6O5. The molecule has 0 aliphatic carbocycles. The van der Waals surface area contributed by atoms with Gasteiger partial charge in [-0.2, -0.15) is 0 Å². The highest BCUT2D eigenvalue weighted by atomic mass is 16.3. The maximum atomic E-state index is 13.1. The first-order valence-corrected chi connectivity index (χ1v) is 11.1. The first kappa shape index (κ1) is 26.1. The Bertz CT molecular complexity index is 825. The number of carbonyl (C=O) groups is 4. The van der Waals surface area contributed by atoms with Gasteiger partial charge in [0, 0.05) is 6.42 Å². The van der Waals surface area contributed by atoms with Crippen molar-refractivity contribution in [2.24, 2.45) is 11.5 Å². The van der Waals surface area contributed by atoms with E-state index in [9.17, 15) is 24.3 Å². The summed E-state index contributed by atoms with van der Waals surface area (Å²) >= 11 is 0. The summed E-state index contributed by atoms with van der Waals surface area (Å²) in [5.41, 5.74) is 11.8. The van der Waals surface area contributed by atoms with Gasteiger partial charge in [-0.15, -0.1) is 0 Å². The van der Waals surface area contributed by atoms with Crippen molar-refractivity contribution in [1.29, 1.82) is 0 Å². The highest BCUT2D eigenvalue weighted by Crippen LogP contribution is 2.12. The molecule has 1 aliphatic heterocycles. The molecule has 1 aromatic rings. The summed E-state index contributed by atoms with van der Waals surface area (Å²) in [5, 5.41) is 20.2. The Kier molecular flexibility index (Phi) is 10.1. The minimum atomic E-state index is -1.01. The van der Waals surface area contributed by atoms with Crippen LogP contribution in [-0.2, 0) is 25.6 Å². The van der Waals surface area contributed by atoms with Crippen molar-refractivity contribution in [1.82, 2.24) is 21.3 Å². The van der Waals surface area contributed by atoms with Crippen molar-refractivity contribution in [2.45, 2.75) is 63.2 Å². The molecule has 9 N–H and O–H groups in total. The minimum Gasteiger partial charge on any atom is -0.508 e. The zero-order chi connectivity index (χ0) is 24.4. The first-order chi connectivity index (χ1) is 15.7. The zero-order valence-corrected chi connectivity index (χ0v) is 18.8. The fourth-order valence-corrected chi connectivity index (χ4v) is 3.48. The topological polar surface area (TPSA) is 189 Å². The molecule has 33 heavy (non-hydrogen) atoms. The van der Waals surface area contributed by atoms with E-state index in [2.05, 4.69) is 21.3 Å². The van der Waals surface area contributed by atoms with Crippen molar-refractivity contribution in [3.8, 4) is 5.75 Å². The van der Waals surface area contributed by atoms with E-state index in [1.54, 1.807) is 12.1 Å². The van der Waals surface area contributed by atoms with Crippen molar-refractivity contribution in [3.05, 3.63) is 29.8 Å². The van der Waals surface area contributed by atoms with Gasteiger partial charge in [0.05, 0.1) is 0 Å². The molecule has 4 amide bonds. The lowest BCUT2D eigenvalue weighted by molar-refractivity contribution is -0.136. The predicted octanol–water partition coefficient (Wildman–Crippen LogP) is -1.61. The fourth-order valence-electron chi connectivity index (χ4n) is 3.48. The Hall–Kier alpha value is -3.18. The summed E-state index contributed by atoms with van der Waals surface area (Å²) in [7, 11) is 0. The molecule has 0 aromatic heterocycles. The smallest absolute Gasteiger partial charge is 0.243 e. The maximum Gasteiger partial charge on any atom is 0.243 e. The normalized spacial score (nSPS) is 24.6. The number of nitrogens with two attached hydrogens (primary N) is 2. The van der Waals surface area contributed by atoms with E-state index < -0.39 is 47.8 Å². The van der Waals surface area contributed by atoms with Gasteiger partial charge in [-0.05, 0) is 63.4 Å². The number of hydrogen-bond donors (Lipinski definition) is 7. The van der Waals surface area contributed by atoms with Crippen LogP contribution in [0.4, 0.5) is 0 Å². The van der Waals surface area contributed by atoms with Gasteiger partial charge in [0.25, 0.3) is 0 Å². The molecule has 1 heterocycles. The van der Waals surface area contributed by atoms with Crippen LogP contribution >= 0.6 is 0 Å². The number of amides is 4. The minimum absolute atomic E-state index is 0.0723. The number of nitrogens with one attached hydrogen (secondary N) is 4. The van der Waals surface area contributed by atoms with Crippen molar-refractivity contribution < 1.29 is 24.3 Å². The molecule has 4 atom stereocenters. The second-order valence-electron chi connectivity index (χ2n) is 8.15. The van der Waals surface area contributed by atoms with E-state index in [0.29, 0.717) is 31.5 Å². The number of carbonyl (C=O) groups excluding carboxylic acids is 4. The number of rotatable bonds is 8. The molecule has 11 nitrogen and oxygen atoms in total. The van der Waals surface area contributed by atoms with Crippen molar-refractivity contribution in [2.75, 3.05) is 13.1 Å². The van der Waals surface area contributed by atoms with Crippen LogP contribution in [0.5, 0.6) is 5.75 Å². The first-order valence-electron chi connectivity index (χ1n) is 11.1. The molecule has 0 radical (unpaired) electrons. The quantitative estimate of drug-likeness (QED) is 0.242. The Balaban J connectivity index is 2.34. The monoisotopic (exact) mass is 462 g/mol. The lowest BCUT2D eigenvalue weighted by atomic mass is 10.0. The molecule has 2 rings (SSSR count). The second kappa shape index (κ2) is 12.8. The molecular weight excluding hydrogens is 428 g/mol. The van der Waals surface area contributed by atoms with E-state index in [1.807, 2.05) is 0 Å². The summed E-state index contributed by atoms with van der Waals surface area (Å²) in [6.45, 7) is 2.16. The van der Waals surface area contributed by atoms with Crippen LogP contribution in [-0.4, -0.2) is 66.0 Å². The molecule has 0 bridgehead atoms. The number of aromatic hydroxyl groups is 1. The molecule has 11 heteroatoms. The Morgan fingerprint density at radius 1 is 0.727 bits per heavy atom. The molecule has 1 saturated heterocycles. The van der Waals surface area contributed by atoms with Crippen LogP contribution in [0.15, 0.2) is 24.3 Å². The Morgan fingerprint density at radius 2 is 1.18 bits per heavy atom. The second-order valence-corrected chi connectivity index (χ2v) is 8.15. The van der Waals surface area contributed by atoms with Crippen molar-refractivity contribution >= 4 is 23.6 Å². The van der Waals surface area contributed by atoms with Crippen LogP contribution in [0, 0.1) is 0 Å². The van der Waals surface area contributed by atoms with Gasteiger partial charge in [0.15, 0.2) is 0 Å². The predicted molar refractivity (Wildman–Crippen MR) is 122 cm³/mol. The van der Waals surface area contributed by atoms with Gasteiger partial charge >= 0.3 is 0 Å². The van der Waals surface area contributed by atoms with E-state index in [0.717, 1.165) is 0 Å². The molecule has 1 aromatic carbocycles. The van der Waals surface area contributed by atoms with Crippen LogP contribution in [0.3, 0.4) is 0 Å². The molecule has 1 aliphatic rings. The van der Waals surface area contributed by atoms with Crippen LogP contribution < -0.4 is 32.7 Å². The lowest BCUT2D eigenvalue weighted by Crippen LogP contribution is -2.61. The highest BCUT2D eigenvalue weighted by molar-refractivity contribution is 5.97. The summed E-state index contributed by atoms with van der Waals surface area (Å²) < 4.78 is 0. The zero-order valence-electron chi connectivity index (χ0n) is 18.8. The van der Waals surface area contributed by atoms with Gasteiger partial charge in [-0.3, -0.25) is 19.2 Å². The fraction of sp³-hybridized carbons (Fsp3) is 0.545. The summed E-state index contributed by atoms with van der Waals surface area (Å²) in [6, 6.07) is 2.49. The van der Waals surface area contributed by atoms with Crippen LogP contribution in [0.25, 0.3) is 0 Å². The van der Waals surface area contributed by atoms with Gasteiger partial charge in [-0.1, -0.05) is 12.1 Å². The molecule has 1 fully saturated rings. The van der Waals surface area contributed by atoms with E-state index in [4.69, 9.17) is 11.5 Å². The summed E-state index contributed by atoms with van der Waals surface area (Å²) in [4.78, 5) is 51.6. The Morgan fingerprint density at radius 3 is 1.73 bits per heavy atom. The van der Waals surface area contributed by atoms with Gasteiger partial charge in [-0.25, -0.2) is 0 Å². The van der Waals surface area contributed by atoms with E-state index in [-0.39, 0.29) is 25.0 Å². The average molecular weight is 463 g/mol. The van der Waals surface area contributed by atoms with Crippen LogP contribution in [0.1, 0.15) is 38.2 Å². The third-order valence-corrected chi connectivity index (χ3v) is 5.42. The van der Waals surface area contributed by atoms with Gasteiger partial charge in [0.2, 0.25) is 23.6 Å². The van der Waals surface area contributed by atoms with Crippen molar-refractivity contribution in [3.63, 3.8) is 0 Å². The van der Waals surface area contributed by atoms with Crippen LogP contribution in [0.2, 0.25) is 0 Å². The SMILES string of the molecule is C[C@@H]1NC(=O)[C@H](CCCN)NC(=O)[C@H](Cc2ccc(O)cc2)NC(=O)[C@H](CCCN)NC1=O. The molecule has 0 saturated carbocycles. The third kappa shape index (κ3) is 8.03. The number of phenolic OH excluding ortho intramolecular Hbond substituents is 1. The third-order valence-electron chi connectivity index (χ3n) is 5.42.